The second kappa shape index (κ2) is 7.12. The van der Waals surface area contributed by atoms with E-state index in [4.69, 9.17) is 14.7 Å². The molecule has 0 atom stereocenters. The third kappa shape index (κ3) is 3.21. The van der Waals surface area contributed by atoms with E-state index in [0.29, 0.717) is 0 Å². The van der Waals surface area contributed by atoms with Gasteiger partial charge in [-0.2, -0.15) is 0 Å². The van der Waals surface area contributed by atoms with Gasteiger partial charge in [0, 0.05) is 23.4 Å². The third-order valence-electron chi connectivity index (χ3n) is 5.39. The highest BCUT2D eigenvalue weighted by molar-refractivity contribution is 6.08. The largest absolute Gasteiger partial charge is 0.493 e. The summed E-state index contributed by atoms with van der Waals surface area (Å²) in [5, 5.41) is 2.21. The Morgan fingerprint density at radius 3 is 2.33 bits per heavy atom. The van der Waals surface area contributed by atoms with Crippen LogP contribution in [0.5, 0.6) is 5.75 Å². The van der Waals surface area contributed by atoms with E-state index in [9.17, 15) is 0 Å². The summed E-state index contributed by atoms with van der Waals surface area (Å²) in [6, 6.07) is 18.4. The number of fused-ring (bicyclic) bond motifs is 4. The summed E-state index contributed by atoms with van der Waals surface area (Å²) in [6.45, 7) is 4.33. The summed E-state index contributed by atoms with van der Waals surface area (Å²) in [7, 11) is 0. The van der Waals surface area contributed by atoms with Crippen molar-refractivity contribution in [2.75, 3.05) is 26.2 Å². The summed E-state index contributed by atoms with van der Waals surface area (Å²) >= 11 is 0. The Hall–Kier alpha value is -2.72. The van der Waals surface area contributed by atoms with Gasteiger partial charge in [0.2, 0.25) is 0 Å². The Kier molecular flexibility index (Phi) is 4.34. The molecule has 0 aliphatic carbocycles. The van der Waals surface area contributed by atoms with Gasteiger partial charge < -0.3 is 9.64 Å². The van der Waals surface area contributed by atoms with Crippen LogP contribution in [0.2, 0.25) is 0 Å². The van der Waals surface area contributed by atoms with Crippen LogP contribution in [-0.2, 0) is 0 Å². The van der Waals surface area contributed by atoms with Gasteiger partial charge in [-0.15, -0.1) is 0 Å². The molecule has 0 unspecified atom stereocenters. The van der Waals surface area contributed by atoms with Crippen LogP contribution in [0.3, 0.4) is 0 Å². The minimum absolute atomic E-state index is 0.729. The van der Waals surface area contributed by atoms with Crippen LogP contribution in [0.25, 0.3) is 32.8 Å². The van der Waals surface area contributed by atoms with Crippen molar-refractivity contribution in [3.63, 3.8) is 0 Å². The zero-order valence-electron chi connectivity index (χ0n) is 15.4. The fourth-order valence-corrected chi connectivity index (χ4v) is 4.01. The van der Waals surface area contributed by atoms with Crippen LogP contribution in [0.4, 0.5) is 0 Å². The molecule has 1 saturated heterocycles. The zero-order chi connectivity index (χ0) is 18.1. The number of hydrogen-bond acceptors (Lipinski definition) is 4. The average Bonchev–Trinajstić information content (AvgIpc) is 3.23. The highest BCUT2D eigenvalue weighted by atomic mass is 16.5. The monoisotopic (exact) mass is 357 g/mol. The second-order valence-electron chi connectivity index (χ2n) is 7.25. The minimum atomic E-state index is 0.729. The van der Waals surface area contributed by atoms with Crippen molar-refractivity contribution < 1.29 is 4.74 Å². The standard InChI is InChI=1S/C23H23N3O/c1-2-9-18-17(8-1)22(27-15-7-14-26-12-5-6-13-26)16-21-23(18)25-20-11-4-3-10-19(20)24-21/h1-4,8-11,16H,5-7,12-15H2. The van der Waals surface area contributed by atoms with Crippen LogP contribution in [-0.4, -0.2) is 41.1 Å². The highest BCUT2D eigenvalue weighted by Crippen LogP contribution is 2.32. The van der Waals surface area contributed by atoms with Gasteiger partial charge in [-0.1, -0.05) is 36.4 Å². The van der Waals surface area contributed by atoms with E-state index in [2.05, 4.69) is 29.2 Å². The first kappa shape index (κ1) is 16.5. The number of hydrogen-bond donors (Lipinski definition) is 0. The van der Waals surface area contributed by atoms with Gasteiger partial charge in [0.05, 0.1) is 28.7 Å². The van der Waals surface area contributed by atoms with E-state index in [0.717, 1.165) is 58.2 Å². The molecule has 27 heavy (non-hydrogen) atoms. The van der Waals surface area contributed by atoms with Crippen molar-refractivity contribution in [1.29, 1.82) is 0 Å². The molecular weight excluding hydrogens is 334 g/mol. The lowest BCUT2D eigenvalue weighted by Crippen LogP contribution is -2.21. The molecule has 1 aliphatic heterocycles. The molecule has 0 amide bonds. The predicted molar refractivity (Wildman–Crippen MR) is 110 cm³/mol. The lowest BCUT2D eigenvalue weighted by Gasteiger charge is -2.15. The van der Waals surface area contributed by atoms with Crippen LogP contribution >= 0.6 is 0 Å². The quantitative estimate of drug-likeness (QED) is 0.292. The highest BCUT2D eigenvalue weighted by Gasteiger charge is 2.13. The maximum Gasteiger partial charge on any atom is 0.129 e. The van der Waals surface area contributed by atoms with E-state index in [1.807, 2.05) is 30.3 Å². The predicted octanol–water partition coefficient (Wildman–Crippen LogP) is 4.80. The number of rotatable bonds is 5. The van der Waals surface area contributed by atoms with Gasteiger partial charge >= 0.3 is 0 Å². The van der Waals surface area contributed by atoms with Gasteiger partial charge in [-0.3, -0.25) is 0 Å². The summed E-state index contributed by atoms with van der Waals surface area (Å²) in [5.41, 5.74) is 3.67. The first-order valence-electron chi connectivity index (χ1n) is 9.82. The van der Waals surface area contributed by atoms with E-state index in [-0.39, 0.29) is 0 Å². The van der Waals surface area contributed by atoms with E-state index in [1.165, 1.54) is 25.9 Å². The van der Waals surface area contributed by atoms with Crippen molar-refractivity contribution >= 4 is 32.8 Å². The fraction of sp³-hybridized carbons (Fsp3) is 0.304. The molecule has 0 spiro atoms. The lowest BCUT2D eigenvalue weighted by atomic mass is 10.1. The average molecular weight is 357 g/mol. The molecule has 1 fully saturated rings. The number of nitrogens with zero attached hydrogens (tertiary/aromatic N) is 3. The number of para-hydroxylation sites is 2. The van der Waals surface area contributed by atoms with Crippen molar-refractivity contribution in [1.82, 2.24) is 14.9 Å². The van der Waals surface area contributed by atoms with Gasteiger partial charge in [0.25, 0.3) is 0 Å². The van der Waals surface area contributed by atoms with Crippen molar-refractivity contribution in [2.45, 2.75) is 19.3 Å². The molecule has 0 saturated carbocycles. The van der Waals surface area contributed by atoms with Gasteiger partial charge in [-0.05, 0) is 44.5 Å². The van der Waals surface area contributed by atoms with Gasteiger partial charge in [0.1, 0.15) is 5.75 Å². The van der Waals surface area contributed by atoms with Crippen molar-refractivity contribution in [3.8, 4) is 5.75 Å². The number of likely N-dealkylation sites (tertiary alicyclic amines) is 1. The molecule has 5 rings (SSSR count). The van der Waals surface area contributed by atoms with Crippen molar-refractivity contribution in [2.24, 2.45) is 0 Å². The van der Waals surface area contributed by atoms with Crippen LogP contribution in [0.15, 0.2) is 54.6 Å². The molecule has 1 aromatic heterocycles. The van der Waals surface area contributed by atoms with Crippen LogP contribution < -0.4 is 4.74 Å². The summed E-state index contributed by atoms with van der Waals surface area (Å²) < 4.78 is 6.20. The molecule has 4 nitrogen and oxygen atoms in total. The molecule has 0 bridgehead atoms. The first-order valence-corrected chi connectivity index (χ1v) is 9.82. The zero-order valence-corrected chi connectivity index (χ0v) is 15.4. The molecule has 4 heteroatoms. The molecule has 3 aromatic carbocycles. The minimum Gasteiger partial charge on any atom is -0.493 e. The Bertz CT molecular complexity index is 1100. The maximum absolute atomic E-state index is 6.20. The van der Waals surface area contributed by atoms with E-state index >= 15 is 0 Å². The molecule has 4 aromatic rings. The maximum atomic E-state index is 6.20. The smallest absolute Gasteiger partial charge is 0.129 e. The molecule has 1 aliphatic rings. The fourth-order valence-electron chi connectivity index (χ4n) is 4.01. The van der Waals surface area contributed by atoms with Crippen molar-refractivity contribution in [3.05, 3.63) is 54.6 Å². The normalized spacial score (nSPS) is 15.1. The Balaban J connectivity index is 1.49. The Labute approximate surface area is 158 Å². The number of benzene rings is 3. The molecule has 0 radical (unpaired) electrons. The topological polar surface area (TPSA) is 38.2 Å². The summed E-state index contributed by atoms with van der Waals surface area (Å²) in [5.74, 6) is 0.907. The van der Waals surface area contributed by atoms with Gasteiger partial charge in [0.15, 0.2) is 0 Å². The van der Waals surface area contributed by atoms with Crippen LogP contribution in [0.1, 0.15) is 19.3 Å². The van der Waals surface area contributed by atoms with E-state index < -0.39 is 0 Å². The molecular formula is C23H23N3O. The Morgan fingerprint density at radius 1 is 0.815 bits per heavy atom. The van der Waals surface area contributed by atoms with Gasteiger partial charge in [-0.25, -0.2) is 9.97 Å². The van der Waals surface area contributed by atoms with E-state index in [1.54, 1.807) is 0 Å². The summed E-state index contributed by atoms with van der Waals surface area (Å²) in [6.07, 6.45) is 3.72. The second-order valence-corrected chi connectivity index (χ2v) is 7.25. The number of ether oxygens (including phenoxy) is 1. The molecule has 136 valence electrons. The van der Waals surface area contributed by atoms with Crippen LogP contribution in [0, 0.1) is 0 Å². The Morgan fingerprint density at radius 2 is 1.52 bits per heavy atom. The molecule has 2 heterocycles. The summed E-state index contributed by atoms with van der Waals surface area (Å²) in [4.78, 5) is 12.2. The third-order valence-corrected chi connectivity index (χ3v) is 5.39. The molecule has 0 N–H and O–H groups in total. The lowest BCUT2D eigenvalue weighted by molar-refractivity contribution is 0.265. The number of aromatic nitrogens is 2. The first-order chi connectivity index (χ1) is 13.4. The SMILES string of the molecule is c1ccc2nc3c(cc(OCCCN4CCCC4)c4ccccc43)nc2c1.